The van der Waals surface area contributed by atoms with Crippen LogP contribution in [-0.4, -0.2) is 22.2 Å². The average molecular weight is 694 g/mol. The maximum absolute atomic E-state index is 9.44. The van der Waals surface area contributed by atoms with Crippen molar-refractivity contribution in [1.82, 2.24) is 5.23 Å². The highest BCUT2D eigenvalue weighted by molar-refractivity contribution is 4.62. The van der Waals surface area contributed by atoms with Crippen LogP contribution in [0.15, 0.2) is 0 Å². The molecule has 0 aliphatic rings. The SMILES string of the molecule is CCCCCCCCCCCCCCCCCCCCCCC(CCCCCCCCCCCCCCCCCCCCCC)CN(O)O. The molecule has 0 saturated heterocycles. The zero-order chi connectivity index (χ0) is 35.6. The van der Waals surface area contributed by atoms with E-state index >= 15 is 0 Å². The third-order valence-corrected chi connectivity index (χ3v) is 11.4. The van der Waals surface area contributed by atoms with Gasteiger partial charge >= 0.3 is 0 Å². The van der Waals surface area contributed by atoms with Crippen molar-refractivity contribution in [3.05, 3.63) is 0 Å². The van der Waals surface area contributed by atoms with E-state index in [0.717, 1.165) is 12.8 Å². The van der Waals surface area contributed by atoms with Gasteiger partial charge in [0.25, 0.3) is 0 Å². The minimum atomic E-state index is 0.415. The van der Waals surface area contributed by atoms with E-state index < -0.39 is 0 Å². The first-order valence-electron chi connectivity index (χ1n) is 23.4. The van der Waals surface area contributed by atoms with Crippen LogP contribution in [0, 0.1) is 5.92 Å². The van der Waals surface area contributed by atoms with Gasteiger partial charge in [-0.05, 0) is 18.8 Å². The Morgan fingerprint density at radius 2 is 0.429 bits per heavy atom. The van der Waals surface area contributed by atoms with E-state index in [1.165, 1.54) is 257 Å². The molecular formula is C46H95NO2. The first kappa shape index (κ1) is 48.9. The highest BCUT2D eigenvalue weighted by atomic mass is 16.8. The van der Waals surface area contributed by atoms with Crippen LogP contribution in [0.5, 0.6) is 0 Å². The lowest BCUT2D eigenvalue weighted by atomic mass is 9.94. The molecule has 0 radical (unpaired) electrons. The normalized spacial score (nSPS) is 11.9. The summed E-state index contributed by atoms with van der Waals surface area (Å²) in [4.78, 5) is 0. The summed E-state index contributed by atoms with van der Waals surface area (Å²) in [5.74, 6) is 0.432. The molecule has 2 N–H and O–H groups in total. The highest BCUT2D eigenvalue weighted by Gasteiger charge is 2.11. The molecule has 3 nitrogen and oxygen atoms in total. The Labute approximate surface area is 310 Å². The quantitative estimate of drug-likeness (QED) is 0.0493. The van der Waals surface area contributed by atoms with Gasteiger partial charge in [-0.1, -0.05) is 276 Å². The smallest absolute Gasteiger partial charge is 0.0541 e. The van der Waals surface area contributed by atoms with Crippen LogP contribution < -0.4 is 0 Å². The van der Waals surface area contributed by atoms with Crippen molar-refractivity contribution in [3.63, 3.8) is 0 Å². The molecule has 0 unspecified atom stereocenters. The van der Waals surface area contributed by atoms with E-state index in [-0.39, 0.29) is 0 Å². The van der Waals surface area contributed by atoms with Crippen molar-refractivity contribution in [2.45, 2.75) is 284 Å². The Morgan fingerprint density at radius 1 is 0.265 bits per heavy atom. The van der Waals surface area contributed by atoms with Crippen LogP contribution in [0.3, 0.4) is 0 Å². The highest BCUT2D eigenvalue weighted by Crippen LogP contribution is 2.21. The zero-order valence-electron chi connectivity index (χ0n) is 34.3. The number of hydroxylamine groups is 2. The molecule has 0 amide bonds. The number of nitrogens with zero attached hydrogens (tertiary/aromatic N) is 1. The molecule has 0 aromatic carbocycles. The summed E-state index contributed by atoms with van der Waals surface area (Å²) in [5, 5.41) is 19.3. The number of hydrogen-bond donors (Lipinski definition) is 2. The second kappa shape index (κ2) is 44.0. The minimum Gasteiger partial charge on any atom is -0.290 e. The van der Waals surface area contributed by atoms with Gasteiger partial charge in [-0.25, -0.2) is 0 Å². The predicted octanol–water partition coefficient (Wildman–Crippen LogP) is 17.1. The van der Waals surface area contributed by atoms with Gasteiger partial charge < -0.3 is 0 Å². The molecule has 296 valence electrons. The molecule has 0 spiro atoms. The van der Waals surface area contributed by atoms with Crippen molar-refractivity contribution in [1.29, 1.82) is 0 Å². The Morgan fingerprint density at radius 3 is 0.592 bits per heavy atom. The van der Waals surface area contributed by atoms with E-state index in [2.05, 4.69) is 13.8 Å². The van der Waals surface area contributed by atoms with Crippen molar-refractivity contribution in [2.24, 2.45) is 5.92 Å². The summed E-state index contributed by atoms with van der Waals surface area (Å²) >= 11 is 0. The Balaban J connectivity index is 3.41. The van der Waals surface area contributed by atoms with Gasteiger partial charge in [0.15, 0.2) is 0 Å². The van der Waals surface area contributed by atoms with Crippen molar-refractivity contribution >= 4 is 0 Å². The minimum absolute atomic E-state index is 0.415. The maximum Gasteiger partial charge on any atom is 0.0541 e. The molecule has 0 aliphatic heterocycles. The lowest BCUT2D eigenvalue weighted by Crippen LogP contribution is -2.23. The monoisotopic (exact) mass is 694 g/mol. The van der Waals surface area contributed by atoms with E-state index in [9.17, 15) is 10.4 Å². The van der Waals surface area contributed by atoms with Crippen molar-refractivity contribution in [2.75, 3.05) is 6.54 Å². The number of unbranched alkanes of at least 4 members (excludes halogenated alkanes) is 38. The molecular weight excluding hydrogens is 599 g/mol. The molecule has 0 aromatic rings. The second-order valence-electron chi connectivity index (χ2n) is 16.4. The summed E-state index contributed by atoms with van der Waals surface area (Å²) in [5.41, 5.74) is 0. The van der Waals surface area contributed by atoms with Crippen LogP contribution in [-0.2, 0) is 0 Å². The van der Waals surface area contributed by atoms with E-state index in [1.807, 2.05) is 0 Å². The largest absolute Gasteiger partial charge is 0.290 e. The average Bonchev–Trinajstić information content (AvgIpc) is 3.09. The van der Waals surface area contributed by atoms with E-state index in [0.29, 0.717) is 17.7 Å². The van der Waals surface area contributed by atoms with Gasteiger partial charge in [0.05, 0.1) is 6.54 Å². The molecule has 0 fully saturated rings. The molecule has 0 aromatic heterocycles. The second-order valence-corrected chi connectivity index (χ2v) is 16.4. The van der Waals surface area contributed by atoms with Gasteiger partial charge in [-0.15, -0.1) is 0 Å². The number of rotatable bonds is 44. The first-order chi connectivity index (χ1) is 24.2. The van der Waals surface area contributed by atoms with Crippen LogP contribution in [0.4, 0.5) is 0 Å². The van der Waals surface area contributed by atoms with Gasteiger partial charge in [0.1, 0.15) is 0 Å². The Bertz CT molecular complexity index is 523. The van der Waals surface area contributed by atoms with Crippen LogP contribution in [0.25, 0.3) is 0 Å². The molecule has 0 rings (SSSR count). The molecule has 0 atom stereocenters. The van der Waals surface area contributed by atoms with Crippen LogP contribution >= 0.6 is 0 Å². The molecule has 0 bridgehead atoms. The van der Waals surface area contributed by atoms with Crippen molar-refractivity contribution < 1.29 is 10.4 Å². The maximum atomic E-state index is 9.44. The Hall–Kier alpha value is -0.120. The van der Waals surface area contributed by atoms with Gasteiger partial charge in [0, 0.05) is 0 Å². The van der Waals surface area contributed by atoms with Gasteiger partial charge in [-0.3, -0.25) is 10.4 Å². The number of hydrogen-bond acceptors (Lipinski definition) is 3. The predicted molar refractivity (Wildman–Crippen MR) is 219 cm³/mol. The molecule has 49 heavy (non-hydrogen) atoms. The summed E-state index contributed by atoms with van der Waals surface area (Å²) in [6, 6.07) is 0. The fraction of sp³-hybridized carbons (Fsp3) is 1.00. The van der Waals surface area contributed by atoms with Crippen molar-refractivity contribution in [3.8, 4) is 0 Å². The van der Waals surface area contributed by atoms with E-state index in [4.69, 9.17) is 0 Å². The molecule has 0 saturated carbocycles. The fourth-order valence-electron chi connectivity index (χ4n) is 7.93. The summed E-state index contributed by atoms with van der Waals surface area (Å²) in [6.45, 7) is 5.02. The van der Waals surface area contributed by atoms with Gasteiger partial charge in [0.2, 0.25) is 0 Å². The topological polar surface area (TPSA) is 43.7 Å². The summed E-state index contributed by atoms with van der Waals surface area (Å²) < 4.78 is 0. The molecule has 0 heterocycles. The summed E-state index contributed by atoms with van der Waals surface area (Å²) in [6.07, 6.45) is 59.1. The standard InChI is InChI=1S/C46H95NO2/c1-3-5-7-9-11-13-15-17-19-21-23-25-27-29-31-33-35-37-39-41-43-46(45-47(48)49)44-42-40-38-36-34-32-30-28-26-24-22-20-18-16-14-12-10-8-6-4-2/h46,48-49H,3-45H2,1-2H3. The summed E-state index contributed by atoms with van der Waals surface area (Å²) in [7, 11) is 0. The molecule has 3 heteroatoms. The lowest BCUT2D eigenvalue weighted by molar-refractivity contribution is -0.312. The van der Waals surface area contributed by atoms with Crippen LogP contribution in [0.1, 0.15) is 284 Å². The third-order valence-electron chi connectivity index (χ3n) is 11.4. The lowest BCUT2D eigenvalue weighted by Gasteiger charge is -2.18. The van der Waals surface area contributed by atoms with E-state index in [1.54, 1.807) is 0 Å². The zero-order valence-corrected chi connectivity index (χ0v) is 34.3. The van der Waals surface area contributed by atoms with Crippen LogP contribution in [0.2, 0.25) is 0 Å². The fourth-order valence-corrected chi connectivity index (χ4v) is 7.93. The Kier molecular flexibility index (Phi) is 43.9. The molecule has 0 aliphatic carbocycles. The first-order valence-corrected chi connectivity index (χ1v) is 23.4. The van der Waals surface area contributed by atoms with Gasteiger partial charge in [-0.2, -0.15) is 0 Å². The third kappa shape index (κ3) is 44.0.